The lowest BCUT2D eigenvalue weighted by Crippen LogP contribution is -2.30. The van der Waals surface area contributed by atoms with Crippen molar-refractivity contribution >= 4 is 17.9 Å². The van der Waals surface area contributed by atoms with E-state index in [1.165, 1.54) is 205 Å². The van der Waals surface area contributed by atoms with Crippen LogP contribution in [0.1, 0.15) is 317 Å². The van der Waals surface area contributed by atoms with Crippen LogP contribution in [0.15, 0.2) is 0 Å². The van der Waals surface area contributed by atoms with Crippen LogP contribution in [0.3, 0.4) is 0 Å². The molecule has 0 bridgehead atoms. The molecule has 0 aliphatic carbocycles. The van der Waals surface area contributed by atoms with E-state index in [4.69, 9.17) is 14.2 Å². The average Bonchev–Trinajstić information content (AvgIpc) is 3.25. The molecular weight excluding hydrogens is 781 g/mol. The van der Waals surface area contributed by atoms with Gasteiger partial charge in [-0.1, -0.05) is 279 Å². The number of unbranched alkanes of at least 4 members (excludes halogenated alkanes) is 36. The van der Waals surface area contributed by atoms with Gasteiger partial charge >= 0.3 is 17.9 Å². The third-order valence-electron chi connectivity index (χ3n) is 13.0. The zero-order chi connectivity index (χ0) is 46.1. The molecule has 0 spiro atoms. The maximum atomic E-state index is 12.8. The minimum Gasteiger partial charge on any atom is -0.462 e. The maximum Gasteiger partial charge on any atom is 0.306 e. The zero-order valence-corrected chi connectivity index (χ0v) is 43.2. The summed E-state index contributed by atoms with van der Waals surface area (Å²) in [6, 6.07) is 0. The Kier molecular flexibility index (Phi) is 48.6. The van der Waals surface area contributed by atoms with E-state index in [1.54, 1.807) is 0 Å². The molecule has 0 radical (unpaired) electrons. The third kappa shape index (κ3) is 51.3. The van der Waals surface area contributed by atoms with Gasteiger partial charge in [0.25, 0.3) is 0 Å². The number of hydrogen-bond donors (Lipinski definition) is 0. The first-order valence-electron chi connectivity index (χ1n) is 28.2. The van der Waals surface area contributed by atoms with Gasteiger partial charge in [-0.25, -0.2) is 0 Å². The van der Waals surface area contributed by atoms with Gasteiger partial charge in [0.15, 0.2) is 6.10 Å². The van der Waals surface area contributed by atoms with E-state index in [0.717, 1.165) is 69.6 Å². The van der Waals surface area contributed by atoms with Crippen LogP contribution in [-0.2, 0) is 28.6 Å². The fraction of sp³-hybridized carbons (Fsp3) is 0.947. The number of ether oxygens (including phenoxy) is 3. The van der Waals surface area contributed by atoms with Crippen molar-refractivity contribution in [3.05, 3.63) is 0 Å². The molecule has 0 heterocycles. The topological polar surface area (TPSA) is 78.9 Å². The molecule has 0 aliphatic heterocycles. The SMILES string of the molecule is CCCCCCCCCCCCCCCCCC(=O)OC[C@@H](COC(=O)CCCCCCCCC(C)C)OC(=O)CCCCCCCCCCCCCCCCCCCCC(C)C. The van der Waals surface area contributed by atoms with Gasteiger partial charge in [-0.15, -0.1) is 0 Å². The van der Waals surface area contributed by atoms with Crippen molar-refractivity contribution < 1.29 is 28.6 Å². The molecule has 0 unspecified atom stereocenters. The van der Waals surface area contributed by atoms with Gasteiger partial charge in [-0.3, -0.25) is 14.4 Å². The Bertz CT molecular complexity index is 962. The molecule has 0 N–H and O–H groups in total. The number of carbonyl (C=O) groups excluding carboxylic acids is 3. The average molecular weight is 892 g/mol. The standard InChI is InChI=1S/C57H110O6/c1-6-7-8-9-10-11-12-13-18-22-25-28-31-37-42-47-55(58)61-50-54(51-62-56(59)48-43-38-34-33-36-41-46-53(4)5)63-57(60)49-44-39-32-29-26-23-20-17-15-14-16-19-21-24-27-30-35-40-45-52(2)3/h52-54H,6-51H2,1-5H3/t54-/m0/s1. The van der Waals surface area contributed by atoms with Gasteiger partial charge < -0.3 is 14.2 Å². The third-order valence-corrected chi connectivity index (χ3v) is 13.0. The molecule has 6 heteroatoms. The first-order valence-corrected chi connectivity index (χ1v) is 28.2. The van der Waals surface area contributed by atoms with Crippen LogP contribution in [0.4, 0.5) is 0 Å². The van der Waals surface area contributed by atoms with E-state index >= 15 is 0 Å². The molecule has 0 aromatic carbocycles. The predicted octanol–water partition coefficient (Wildman–Crippen LogP) is 18.5. The fourth-order valence-electron chi connectivity index (χ4n) is 8.70. The van der Waals surface area contributed by atoms with E-state index in [-0.39, 0.29) is 31.1 Å². The number of hydrogen-bond acceptors (Lipinski definition) is 6. The van der Waals surface area contributed by atoms with Crippen LogP contribution in [0.5, 0.6) is 0 Å². The summed E-state index contributed by atoms with van der Waals surface area (Å²) in [6.45, 7) is 11.3. The van der Waals surface area contributed by atoms with E-state index in [2.05, 4.69) is 34.6 Å². The quantitative estimate of drug-likeness (QED) is 0.0344. The van der Waals surface area contributed by atoms with Gasteiger partial charge in [0.2, 0.25) is 0 Å². The Hall–Kier alpha value is -1.59. The van der Waals surface area contributed by atoms with Crippen LogP contribution in [0.2, 0.25) is 0 Å². The summed E-state index contributed by atoms with van der Waals surface area (Å²) >= 11 is 0. The first kappa shape index (κ1) is 61.4. The van der Waals surface area contributed by atoms with Crippen LogP contribution in [0.25, 0.3) is 0 Å². The molecule has 0 saturated heterocycles. The summed E-state index contributed by atoms with van der Waals surface area (Å²) in [7, 11) is 0. The second kappa shape index (κ2) is 49.8. The van der Waals surface area contributed by atoms with Crippen molar-refractivity contribution in [3.63, 3.8) is 0 Å². The highest BCUT2D eigenvalue weighted by molar-refractivity contribution is 5.71. The highest BCUT2D eigenvalue weighted by Gasteiger charge is 2.19. The molecule has 0 saturated carbocycles. The molecule has 374 valence electrons. The molecule has 63 heavy (non-hydrogen) atoms. The van der Waals surface area contributed by atoms with Gasteiger partial charge in [0.1, 0.15) is 13.2 Å². The van der Waals surface area contributed by atoms with Gasteiger partial charge in [-0.05, 0) is 31.1 Å². The largest absolute Gasteiger partial charge is 0.462 e. The van der Waals surface area contributed by atoms with Gasteiger partial charge in [0, 0.05) is 19.3 Å². The maximum absolute atomic E-state index is 12.8. The molecule has 1 atom stereocenters. The monoisotopic (exact) mass is 891 g/mol. The van der Waals surface area contributed by atoms with Gasteiger partial charge in [-0.2, -0.15) is 0 Å². The summed E-state index contributed by atoms with van der Waals surface area (Å²) in [5, 5.41) is 0. The molecule has 0 rings (SSSR count). The van der Waals surface area contributed by atoms with Gasteiger partial charge in [0.05, 0.1) is 0 Å². The summed E-state index contributed by atoms with van der Waals surface area (Å²) in [5.41, 5.74) is 0. The summed E-state index contributed by atoms with van der Waals surface area (Å²) in [6.07, 6.45) is 52.6. The normalized spacial score (nSPS) is 12.0. The molecular formula is C57H110O6. The van der Waals surface area contributed by atoms with Crippen LogP contribution >= 0.6 is 0 Å². The predicted molar refractivity (Wildman–Crippen MR) is 270 cm³/mol. The van der Waals surface area contributed by atoms with E-state index in [0.29, 0.717) is 19.3 Å². The Balaban J connectivity index is 4.20. The van der Waals surface area contributed by atoms with Crippen molar-refractivity contribution in [2.75, 3.05) is 13.2 Å². The van der Waals surface area contributed by atoms with Crippen molar-refractivity contribution in [1.82, 2.24) is 0 Å². The Morgan fingerprint density at radius 2 is 0.524 bits per heavy atom. The Labute approximate surface area is 393 Å². The van der Waals surface area contributed by atoms with Crippen LogP contribution in [0, 0.1) is 11.8 Å². The summed E-state index contributed by atoms with van der Waals surface area (Å²) < 4.78 is 16.8. The number of carbonyl (C=O) groups is 3. The zero-order valence-electron chi connectivity index (χ0n) is 43.2. The Morgan fingerprint density at radius 1 is 0.302 bits per heavy atom. The second-order valence-corrected chi connectivity index (χ2v) is 20.5. The molecule has 0 amide bonds. The minimum atomic E-state index is -0.762. The van der Waals surface area contributed by atoms with Crippen molar-refractivity contribution in [2.45, 2.75) is 323 Å². The molecule has 0 fully saturated rings. The fourth-order valence-corrected chi connectivity index (χ4v) is 8.70. The van der Waals surface area contributed by atoms with E-state index in [1.807, 2.05) is 0 Å². The smallest absolute Gasteiger partial charge is 0.306 e. The second-order valence-electron chi connectivity index (χ2n) is 20.5. The van der Waals surface area contributed by atoms with Crippen molar-refractivity contribution in [2.24, 2.45) is 11.8 Å². The molecule has 6 nitrogen and oxygen atoms in total. The Morgan fingerprint density at radius 3 is 0.778 bits per heavy atom. The highest BCUT2D eigenvalue weighted by Crippen LogP contribution is 2.18. The number of rotatable bonds is 51. The molecule has 0 aliphatic rings. The lowest BCUT2D eigenvalue weighted by Gasteiger charge is -2.18. The number of esters is 3. The first-order chi connectivity index (χ1) is 30.7. The molecule has 0 aromatic heterocycles. The molecule has 0 aromatic rings. The lowest BCUT2D eigenvalue weighted by atomic mass is 10.0. The highest BCUT2D eigenvalue weighted by atomic mass is 16.6. The summed E-state index contributed by atoms with van der Waals surface area (Å²) in [4.78, 5) is 38.0. The lowest BCUT2D eigenvalue weighted by molar-refractivity contribution is -0.167. The van der Waals surface area contributed by atoms with Crippen LogP contribution in [-0.4, -0.2) is 37.2 Å². The minimum absolute atomic E-state index is 0.0637. The van der Waals surface area contributed by atoms with Crippen molar-refractivity contribution in [3.8, 4) is 0 Å². The summed E-state index contributed by atoms with van der Waals surface area (Å²) in [5.74, 6) is 0.775. The van der Waals surface area contributed by atoms with E-state index < -0.39 is 6.10 Å². The van der Waals surface area contributed by atoms with E-state index in [9.17, 15) is 14.4 Å². The van der Waals surface area contributed by atoms with Crippen LogP contribution < -0.4 is 0 Å². The van der Waals surface area contributed by atoms with Crippen molar-refractivity contribution in [1.29, 1.82) is 0 Å².